The van der Waals surface area contributed by atoms with Crippen LogP contribution in [0.1, 0.15) is 12.5 Å². The Bertz CT molecular complexity index is 227. The molecule has 1 aromatic rings. The van der Waals surface area contributed by atoms with Crippen LogP contribution in [-0.2, 0) is 4.79 Å². The molecule has 0 aliphatic rings. The lowest BCUT2D eigenvalue weighted by Crippen LogP contribution is -1.65. The highest BCUT2D eigenvalue weighted by Gasteiger charge is 1.77. The summed E-state index contributed by atoms with van der Waals surface area (Å²) >= 11 is 0. The van der Waals surface area contributed by atoms with Crippen molar-refractivity contribution in [3.8, 4) is 0 Å². The monoisotopic (exact) mass is 164 g/mol. The molecule has 2 heteroatoms. The first-order valence-electron chi connectivity index (χ1n) is 3.60. The van der Waals surface area contributed by atoms with Gasteiger partial charge in [-0.25, -0.2) is 0 Å². The van der Waals surface area contributed by atoms with E-state index in [9.17, 15) is 0 Å². The van der Waals surface area contributed by atoms with Crippen molar-refractivity contribution in [2.24, 2.45) is 0 Å². The smallest absolute Gasteiger partial charge is 0.290 e. The van der Waals surface area contributed by atoms with Crippen LogP contribution in [0.3, 0.4) is 0 Å². The van der Waals surface area contributed by atoms with Gasteiger partial charge in [-0.05, 0) is 12.5 Å². The highest BCUT2D eigenvalue weighted by molar-refractivity contribution is 5.47. The molecule has 1 N–H and O–H groups in total. The van der Waals surface area contributed by atoms with Gasteiger partial charge in [0.15, 0.2) is 0 Å². The average Bonchev–Trinajstić information content (AvgIpc) is 2.08. The van der Waals surface area contributed by atoms with Crippen LogP contribution in [0.4, 0.5) is 0 Å². The standard InChI is InChI=1S/C9H10.CH2O2/c1-2-6-9-7-4-3-5-8-9;2-1-3/h2-8H,1H3;1H,(H,2,3)/b6-2+;. The Morgan fingerprint density at radius 1 is 1.25 bits per heavy atom. The third-order valence-corrected chi connectivity index (χ3v) is 1.16. The fourth-order valence-corrected chi connectivity index (χ4v) is 0.757. The van der Waals surface area contributed by atoms with Crippen molar-refractivity contribution in [3.63, 3.8) is 0 Å². The van der Waals surface area contributed by atoms with E-state index in [1.165, 1.54) is 5.56 Å². The summed E-state index contributed by atoms with van der Waals surface area (Å²) in [5, 5.41) is 6.89. The molecule has 0 saturated heterocycles. The van der Waals surface area contributed by atoms with Crippen molar-refractivity contribution in [1.29, 1.82) is 0 Å². The normalized spacial score (nSPS) is 8.75. The lowest BCUT2D eigenvalue weighted by Gasteiger charge is -1.86. The van der Waals surface area contributed by atoms with Crippen molar-refractivity contribution in [2.45, 2.75) is 6.92 Å². The molecule has 2 nitrogen and oxygen atoms in total. The molecule has 0 radical (unpaired) electrons. The summed E-state index contributed by atoms with van der Waals surface area (Å²) in [6.07, 6.45) is 4.12. The zero-order valence-corrected chi connectivity index (χ0v) is 6.97. The third kappa shape index (κ3) is 5.23. The molecule has 0 bridgehead atoms. The maximum Gasteiger partial charge on any atom is 0.290 e. The van der Waals surface area contributed by atoms with Crippen LogP contribution in [-0.4, -0.2) is 11.6 Å². The van der Waals surface area contributed by atoms with Gasteiger partial charge >= 0.3 is 0 Å². The second-order valence-corrected chi connectivity index (χ2v) is 2.02. The molecule has 0 unspecified atom stereocenters. The van der Waals surface area contributed by atoms with E-state index >= 15 is 0 Å². The molecule has 0 fully saturated rings. The van der Waals surface area contributed by atoms with Crippen LogP contribution in [0, 0.1) is 0 Å². The maximum atomic E-state index is 8.36. The van der Waals surface area contributed by atoms with E-state index < -0.39 is 0 Å². The fourth-order valence-electron chi connectivity index (χ4n) is 0.757. The first kappa shape index (κ1) is 10.4. The lowest BCUT2D eigenvalue weighted by atomic mass is 10.2. The van der Waals surface area contributed by atoms with Gasteiger partial charge < -0.3 is 5.11 Å². The highest BCUT2D eigenvalue weighted by Crippen LogP contribution is 1.99. The maximum absolute atomic E-state index is 8.36. The van der Waals surface area contributed by atoms with E-state index in [-0.39, 0.29) is 6.47 Å². The Morgan fingerprint density at radius 3 is 2.17 bits per heavy atom. The van der Waals surface area contributed by atoms with Gasteiger partial charge in [-0.2, -0.15) is 0 Å². The van der Waals surface area contributed by atoms with Crippen LogP contribution in [0.5, 0.6) is 0 Å². The molecule has 0 spiro atoms. The molecule has 12 heavy (non-hydrogen) atoms. The van der Waals surface area contributed by atoms with Crippen molar-refractivity contribution in [2.75, 3.05) is 0 Å². The summed E-state index contributed by atoms with van der Waals surface area (Å²) in [5.41, 5.74) is 1.26. The molecule has 1 rings (SSSR count). The Labute approximate surface area is 72.2 Å². The molecule has 0 aromatic heterocycles. The van der Waals surface area contributed by atoms with Crippen molar-refractivity contribution in [3.05, 3.63) is 42.0 Å². The minimum Gasteiger partial charge on any atom is -0.483 e. The summed E-state index contributed by atoms with van der Waals surface area (Å²) in [4.78, 5) is 8.36. The predicted molar refractivity (Wildman–Crippen MR) is 49.8 cm³/mol. The van der Waals surface area contributed by atoms with Crippen molar-refractivity contribution in [1.82, 2.24) is 0 Å². The number of rotatable bonds is 1. The van der Waals surface area contributed by atoms with Gasteiger partial charge in [-0.15, -0.1) is 0 Å². The molecule has 0 amide bonds. The summed E-state index contributed by atoms with van der Waals surface area (Å²) in [7, 11) is 0. The summed E-state index contributed by atoms with van der Waals surface area (Å²) < 4.78 is 0. The zero-order chi connectivity index (χ0) is 9.23. The van der Waals surface area contributed by atoms with Crippen LogP contribution in [0.2, 0.25) is 0 Å². The number of hydrogen-bond acceptors (Lipinski definition) is 1. The number of carbonyl (C=O) groups is 1. The first-order valence-corrected chi connectivity index (χ1v) is 3.60. The van der Waals surface area contributed by atoms with Gasteiger partial charge in [0.25, 0.3) is 6.47 Å². The SMILES string of the molecule is C/C=C/c1ccccc1.O=CO. The molecular weight excluding hydrogens is 152 g/mol. The quantitative estimate of drug-likeness (QED) is 0.647. The molecule has 64 valence electrons. The predicted octanol–water partition coefficient (Wildman–Crippen LogP) is 2.42. The van der Waals surface area contributed by atoms with E-state index in [1.54, 1.807) is 0 Å². The number of allylic oxidation sites excluding steroid dienone is 1. The minimum atomic E-state index is -0.250. The molecule has 1 aromatic carbocycles. The number of carboxylic acid groups (broad SMARTS) is 1. The van der Waals surface area contributed by atoms with Crippen LogP contribution >= 0.6 is 0 Å². The van der Waals surface area contributed by atoms with Gasteiger partial charge in [-0.1, -0.05) is 42.5 Å². The van der Waals surface area contributed by atoms with E-state index in [4.69, 9.17) is 9.90 Å². The fraction of sp³-hybridized carbons (Fsp3) is 0.100. The molecule has 0 aliphatic carbocycles. The minimum absolute atomic E-state index is 0.250. The molecular formula is C10H12O2. The summed E-state index contributed by atoms with van der Waals surface area (Å²) in [6.45, 7) is 1.77. The third-order valence-electron chi connectivity index (χ3n) is 1.16. The van der Waals surface area contributed by atoms with Gasteiger partial charge in [0, 0.05) is 0 Å². The number of hydrogen-bond donors (Lipinski definition) is 1. The Kier molecular flexibility index (Phi) is 6.55. The van der Waals surface area contributed by atoms with Crippen LogP contribution in [0.15, 0.2) is 36.4 Å². The van der Waals surface area contributed by atoms with Crippen LogP contribution < -0.4 is 0 Å². The Morgan fingerprint density at radius 2 is 1.75 bits per heavy atom. The lowest BCUT2D eigenvalue weighted by molar-refractivity contribution is -0.122. The van der Waals surface area contributed by atoms with Gasteiger partial charge in [-0.3, -0.25) is 4.79 Å². The first-order chi connectivity index (χ1) is 5.85. The zero-order valence-electron chi connectivity index (χ0n) is 6.97. The van der Waals surface area contributed by atoms with E-state index in [2.05, 4.69) is 18.2 Å². The van der Waals surface area contributed by atoms with E-state index in [0.29, 0.717) is 0 Å². The van der Waals surface area contributed by atoms with E-state index in [1.807, 2.05) is 31.2 Å². The largest absolute Gasteiger partial charge is 0.483 e. The summed E-state index contributed by atoms with van der Waals surface area (Å²) in [5.74, 6) is 0. The molecule has 0 aliphatic heterocycles. The summed E-state index contributed by atoms with van der Waals surface area (Å²) in [6, 6.07) is 10.3. The topological polar surface area (TPSA) is 37.3 Å². The molecule has 0 heterocycles. The second-order valence-electron chi connectivity index (χ2n) is 2.02. The number of benzene rings is 1. The Balaban J connectivity index is 0.000000354. The van der Waals surface area contributed by atoms with Gasteiger partial charge in [0.1, 0.15) is 0 Å². The van der Waals surface area contributed by atoms with E-state index in [0.717, 1.165) is 0 Å². The highest BCUT2D eigenvalue weighted by atomic mass is 16.3. The Hall–Kier alpha value is -1.57. The van der Waals surface area contributed by atoms with Gasteiger partial charge in [0.2, 0.25) is 0 Å². The van der Waals surface area contributed by atoms with Gasteiger partial charge in [0.05, 0.1) is 0 Å². The molecule has 0 atom stereocenters. The van der Waals surface area contributed by atoms with Crippen LogP contribution in [0.25, 0.3) is 6.08 Å². The second kappa shape index (κ2) is 7.54. The van der Waals surface area contributed by atoms with Crippen molar-refractivity contribution < 1.29 is 9.90 Å². The molecule has 0 saturated carbocycles. The average molecular weight is 164 g/mol. The van der Waals surface area contributed by atoms with Crippen molar-refractivity contribution >= 4 is 12.5 Å².